The second kappa shape index (κ2) is 5.95. The smallest absolute Gasteiger partial charge is 0.226 e. The second-order valence-electron chi connectivity index (χ2n) is 5.86. The minimum Gasteiger partial charge on any atom is -0.339 e. The number of likely N-dealkylation sites (tertiary alicyclic amines) is 1. The Morgan fingerprint density at radius 1 is 1.33 bits per heavy atom. The molecule has 0 saturated carbocycles. The van der Waals surface area contributed by atoms with Gasteiger partial charge in [-0.25, -0.2) is 0 Å². The maximum atomic E-state index is 6.51. The zero-order valence-electron chi connectivity index (χ0n) is 12.5. The molecule has 1 fully saturated rings. The molecule has 5 nitrogen and oxygen atoms in total. The lowest BCUT2D eigenvalue weighted by molar-refractivity contribution is 0.294. The van der Waals surface area contributed by atoms with E-state index in [9.17, 15) is 0 Å². The lowest BCUT2D eigenvalue weighted by Gasteiger charge is -2.21. The van der Waals surface area contributed by atoms with Crippen LogP contribution in [0.5, 0.6) is 0 Å². The number of hydrogen-bond donors (Lipinski definition) is 1. The summed E-state index contributed by atoms with van der Waals surface area (Å²) in [5.74, 6) is 1.35. The Morgan fingerprint density at radius 3 is 2.90 bits per heavy atom. The largest absolute Gasteiger partial charge is 0.339 e. The van der Waals surface area contributed by atoms with Gasteiger partial charge >= 0.3 is 0 Å². The van der Waals surface area contributed by atoms with E-state index < -0.39 is 5.54 Å². The van der Waals surface area contributed by atoms with Gasteiger partial charge in [-0.15, -0.1) is 0 Å². The van der Waals surface area contributed by atoms with Crippen molar-refractivity contribution in [1.29, 1.82) is 0 Å². The van der Waals surface area contributed by atoms with Gasteiger partial charge in [-0.1, -0.05) is 42.4 Å². The molecular formula is C16H22N4O. The van der Waals surface area contributed by atoms with Crippen LogP contribution in [0.25, 0.3) is 0 Å². The van der Waals surface area contributed by atoms with Gasteiger partial charge in [0.1, 0.15) is 0 Å². The van der Waals surface area contributed by atoms with Gasteiger partial charge in [-0.3, -0.25) is 4.90 Å². The molecule has 1 atom stereocenters. The summed E-state index contributed by atoms with van der Waals surface area (Å²) in [5.41, 5.74) is 7.33. The number of rotatable bonds is 5. The number of nitrogens with two attached hydrogens (primary N) is 1. The van der Waals surface area contributed by atoms with Crippen molar-refractivity contribution in [3.05, 3.63) is 47.6 Å². The Labute approximate surface area is 125 Å². The van der Waals surface area contributed by atoms with E-state index >= 15 is 0 Å². The highest BCUT2D eigenvalue weighted by Crippen LogP contribution is 2.28. The zero-order chi connectivity index (χ0) is 14.7. The van der Waals surface area contributed by atoms with Gasteiger partial charge in [-0.2, -0.15) is 4.98 Å². The van der Waals surface area contributed by atoms with Gasteiger partial charge in [-0.05, 0) is 18.4 Å². The van der Waals surface area contributed by atoms with Gasteiger partial charge in [0.2, 0.25) is 5.89 Å². The van der Waals surface area contributed by atoms with E-state index in [1.807, 2.05) is 6.07 Å². The molecule has 0 spiro atoms. The first kappa shape index (κ1) is 14.2. The molecule has 21 heavy (non-hydrogen) atoms. The van der Waals surface area contributed by atoms with Crippen molar-refractivity contribution < 1.29 is 4.52 Å². The standard InChI is InChI=1S/C16H22N4O/c1-2-6-14-18-15(19-21-14)16(17)9-10-20(12-16)11-13-7-4-3-5-8-13/h3-5,7-8H,2,6,9-12,17H2,1H3. The molecule has 1 aliphatic heterocycles. The molecule has 2 heterocycles. The summed E-state index contributed by atoms with van der Waals surface area (Å²) in [6.45, 7) is 4.74. The van der Waals surface area contributed by atoms with Gasteiger partial charge in [0.25, 0.3) is 0 Å². The molecule has 1 aliphatic rings. The molecule has 1 aromatic heterocycles. The van der Waals surface area contributed by atoms with E-state index in [1.165, 1.54) is 5.56 Å². The van der Waals surface area contributed by atoms with E-state index in [1.54, 1.807) is 0 Å². The minimum atomic E-state index is -0.482. The topological polar surface area (TPSA) is 68.2 Å². The summed E-state index contributed by atoms with van der Waals surface area (Å²) >= 11 is 0. The van der Waals surface area contributed by atoms with Crippen LogP contribution in [0.4, 0.5) is 0 Å². The summed E-state index contributed by atoms with van der Waals surface area (Å²) in [6.07, 6.45) is 2.68. The van der Waals surface area contributed by atoms with Crippen LogP contribution in [0.3, 0.4) is 0 Å². The van der Waals surface area contributed by atoms with E-state index in [2.05, 4.69) is 46.2 Å². The highest BCUT2D eigenvalue weighted by atomic mass is 16.5. The number of benzene rings is 1. The van der Waals surface area contributed by atoms with Crippen LogP contribution >= 0.6 is 0 Å². The fourth-order valence-corrected chi connectivity index (χ4v) is 2.85. The summed E-state index contributed by atoms with van der Waals surface area (Å²) in [5, 5.41) is 4.09. The minimum absolute atomic E-state index is 0.482. The molecule has 0 radical (unpaired) electrons. The van der Waals surface area contributed by atoms with Crippen LogP contribution < -0.4 is 5.73 Å². The van der Waals surface area contributed by atoms with Gasteiger partial charge in [0, 0.05) is 26.1 Å². The van der Waals surface area contributed by atoms with Crippen molar-refractivity contribution >= 4 is 0 Å². The first-order valence-corrected chi connectivity index (χ1v) is 7.58. The summed E-state index contributed by atoms with van der Waals surface area (Å²) in [6, 6.07) is 10.5. The summed E-state index contributed by atoms with van der Waals surface area (Å²) < 4.78 is 5.28. The average Bonchev–Trinajstić information content (AvgIpc) is 3.09. The maximum Gasteiger partial charge on any atom is 0.226 e. The van der Waals surface area contributed by atoms with Crippen molar-refractivity contribution in [2.75, 3.05) is 13.1 Å². The van der Waals surface area contributed by atoms with Crippen molar-refractivity contribution in [2.45, 2.75) is 38.3 Å². The van der Waals surface area contributed by atoms with Crippen LogP contribution in [0.1, 0.15) is 37.0 Å². The molecule has 1 aromatic carbocycles. The Hall–Kier alpha value is -1.72. The second-order valence-corrected chi connectivity index (χ2v) is 5.86. The maximum absolute atomic E-state index is 6.51. The molecule has 112 valence electrons. The van der Waals surface area contributed by atoms with E-state index in [-0.39, 0.29) is 0 Å². The van der Waals surface area contributed by atoms with Crippen molar-refractivity contribution in [1.82, 2.24) is 15.0 Å². The van der Waals surface area contributed by atoms with Crippen LogP contribution in [-0.4, -0.2) is 28.1 Å². The molecule has 3 rings (SSSR count). The van der Waals surface area contributed by atoms with Gasteiger partial charge in [0.05, 0.1) is 5.54 Å². The molecule has 5 heteroatoms. The fourth-order valence-electron chi connectivity index (χ4n) is 2.85. The Bertz CT molecular complexity index is 583. The third kappa shape index (κ3) is 3.14. The molecule has 2 aromatic rings. The Morgan fingerprint density at radius 2 is 2.14 bits per heavy atom. The molecule has 0 aliphatic carbocycles. The lowest BCUT2D eigenvalue weighted by Crippen LogP contribution is -2.40. The zero-order valence-corrected chi connectivity index (χ0v) is 12.5. The fraction of sp³-hybridized carbons (Fsp3) is 0.500. The Balaban J connectivity index is 1.66. The highest BCUT2D eigenvalue weighted by molar-refractivity contribution is 5.16. The van der Waals surface area contributed by atoms with E-state index in [4.69, 9.17) is 10.3 Å². The van der Waals surface area contributed by atoms with E-state index in [0.717, 1.165) is 38.9 Å². The molecule has 1 unspecified atom stereocenters. The number of nitrogens with zero attached hydrogens (tertiary/aromatic N) is 3. The summed E-state index contributed by atoms with van der Waals surface area (Å²) in [7, 11) is 0. The van der Waals surface area contributed by atoms with Crippen molar-refractivity contribution in [3.8, 4) is 0 Å². The quantitative estimate of drug-likeness (QED) is 0.911. The van der Waals surface area contributed by atoms with Crippen LogP contribution in [-0.2, 0) is 18.5 Å². The SMILES string of the molecule is CCCc1nc(C2(N)CCN(Cc3ccccc3)C2)no1. The predicted octanol–water partition coefficient (Wildman–Crippen LogP) is 2.08. The molecule has 1 saturated heterocycles. The lowest BCUT2D eigenvalue weighted by atomic mass is 9.99. The number of aromatic nitrogens is 2. The normalized spacial score (nSPS) is 22.8. The Kier molecular flexibility index (Phi) is 4.03. The first-order valence-electron chi connectivity index (χ1n) is 7.58. The number of hydrogen-bond acceptors (Lipinski definition) is 5. The molecule has 2 N–H and O–H groups in total. The third-order valence-corrected chi connectivity index (χ3v) is 4.01. The predicted molar refractivity (Wildman–Crippen MR) is 80.5 cm³/mol. The highest BCUT2D eigenvalue weighted by Gasteiger charge is 2.39. The van der Waals surface area contributed by atoms with E-state index in [0.29, 0.717) is 11.7 Å². The van der Waals surface area contributed by atoms with Crippen molar-refractivity contribution in [3.63, 3.8) is 0 Å². The third-order valence-electron chi connectivity index (χ3n) is 4.01. The first-order chi connectivity index (χ1) is 10.2. The monoisotopic (exact) mass is 286 g/mol. The van der Waals surface area contributed by atoms with Gasteiger partial charge < -0.3 is 10.3 Å². The molecular weight excluding hydrogens is 264 g/mol. The van der Waals surface area contributed by atoms with Crippen LogP contribution in [0, 0.1) is 0 Å². The van der Waals surface area contributed by atoms with Gasteiger partial charge in [0.15, 0.2) is 5.82 Å². The van der Waals surface area contributed by atoms with Crippen LogP contribution in [0.2, 0.25) is 0 Å². The number of aryl methyl sites for hydroxylation is 1. The summed E-state index contributed by atoms with van der Waals surface area (Å²) in [4.78, 5) is 6.82. The molecule has 0 bridgehead atoms. The average molecular weight is 286 g/mol. The molecule has 0 amide bonds. The van der Waals surface area contributed by atoms with Crippen LogP contribution in [0.15, 0.2) is 34.9 Å². The van der Waals surface area contributed by atoms with Crippen molar-refractivity contribution in [2.24, 2.45) is 5.73 Å².